The maximum atomic E-state index is 10.8. The standard InChI is InChI=1S/C8H8O4S.ClH/c1-6(9)7-3-2-4-8(5-7)13(10,11)12;/h2-5H,1H3,(H,10,11,12);1H. The lowest BCUT2D eigenvalue weighted by atomic mass is 10.2. The molecule has 1 aromatic carbocycles. The Morgan fingerprint density at radius 2 is 1.93 bits per heavy atom. The maximum Gasteiger partial charge on any atom is 0.294 e. The smallest absolute Gasteiger partial charge is 0.294 e. The third-order valence-electron chi connectivity index (χ3n) is 1.54. The predicted molar refractivity (Wildman–Crippen MR) is 53.5 cm³/mol. The molecule has 0 radical (unpaired) electrons. The average Bonchev–Trinajstić information content (AvgIpc) is 2.03. The molecule has 0 fully saturated rings. The molecule has 6 heteroatoms. The molecule has 0 amide bonds. The second-order valence-electron chi connectivity index (χ2n) is 2.56. The van der Waals surface area contributed by atoms with Gasteiger partial charge in [-0.15, -0.1) is 12.4 Å². The van der Waals surface area contributed by atoms with Gasteiger partial charge in [-0.3, -0.25) is 9.35 Å². The molecule has 0 saturated carbocycles. The van der Waals surface area contributed by atoms with Crippen molar-refractivity contribution in [2.45, 2.75) is 11.8 Å². The van der Waals surface area contributed by atoms with Crippen LogP contribution in [0, 0.1) is 0 Å². The van der Waals surface area contributed by atoms with Crippen molar-refractivity contribution in [2.24, 2.45) is 0 Å². The summed E-state index contributed by atoms with van der Waals surface area (Å²) in [6.07, 6.45) is 0. The summed E-state index contributed by atoms with van der Waals surface area (Å²) in [6.45, 7) is 1.32. The molecule has 0 heterocycles. The van der Waals surface area contributed by atoms with Crippen LogP contribution in [0.3, 0.4) is 0 Å². The van der Waals surface area contributed by atoms with Gasteiger partial charge in [0.15, 0.2) is 5.78 Å². The zero-order valence-electron chi connectivity index (χ0n) is 7.30. The molecular weight excluding hydrogens is 228 g/mol. The molecular formula is C8H9ClO4S. The van der Waals surface area contributed by atoms with Crippen molar-refractivity contribution in [3.63, 3.8) is 0 Å². The number of halogens is 1. The Hall–Kier alpha value is -0.910. The summed E-state index contributed by atoms with van der Waals surface area (Å²) < 4.78 is 30.0. The summed E-state index contributed by atoms with van der Waals surface area (Å²) in [7, 11) is -4.21. The van der Waals surface area contributed by atoms with Crippen molar-refractivity contribution in [3.05, 3.63) is 29.8 Å². The van der Waals surface area contributed by atoms with Crippen molar-refractivity contribution < 1.29 is 17.8 Å². The van der Waals surface area contributed by atoms with E-state index in [1.54, 1.807) is 0 Å². The van der Waals surface area contributed by atoms with E-state index in [1.807, 2.05) is 0 Å². The third-order valence-corrected chi connectivity index (χ3v) is 2.39. The quantitative estimate of drug-likeness (QED) is 0.625. The minimum absolute atomic E-state index is 0. The average molecular weight is 237 g/mol. The fraction of sp³-hybridized carbons (Fsp3) is 0.125. The summed E-state index contributed by atoms with van der Waals surface area (Å²) >= 11 is 0. The van der Waals surface area contributed by atoms with E-state index >= 15 is 0 Å². The van der Waals surface area contributed by atoms with Crippen molar-refractivity contribution in [1.29, 1.82) is 0 Å². The topological polar surface area (TPSA) is 71.4 Å². The predicted octanol–water partition coefficient (Wildman–Crippen LogP) is 1.56. The Kier molecular flexibility index (Phi) is 4.25. The number of hydrogen-bond acceptors (Lipinski definition) is 3. The van der Waals surface area contributed by atoms with Gasteiger partial charge in [-0.25, -0.2) is 0 Å². The van der Waals surface area contributed by atoms with Gasteiger partial charge >= 0.3 is 0 Å². The van der Waals surface area contributed by atoms with Gasteiger partial charge in [0.25, 0.3) is 10.1 Å². The van der Waals surface area contributed by atoms with E-state index in [9.17, 15) is 13.2 Å². The Bertz CT molecular complexity index is 438. The van der Waals surface area contributed by atoms with Crippen LogP contribution in [0.1, 0.15) is 17.3 Å². The van der Waals surface area contributed by atoms with Crippen LogP contribution in [0.15, 0.2) is 29.2 Å². The summed E-state index contributed by atoms with van der Waals surface area (Å²) in [5.74, 6) is -0.245. The first-order valence-corrected chi connectivity index (χ1v) is 4.94. The Labute approximate surface area is 88.1 Å². The Morgan fingerprint density at radius 1 is 1.36 bits per heavy atom. The third kappa shape index (κ3) is 3.10. The van der Waals surface area contributed by atoms with E-state index in [2.05, 4.69) is 0 Å². The normalized spacial score (nSPS) is 10.4. The Balaban J connectivity index is 0.00000169. The lowest BCUT2D eigenvalue weighted by Gasteiger charge is -1.98. The molecule has 1 aromatic rings. The molecule has 0 aromatic heterocycles. The Morgan fingerprint density at radius 3 is 2.36 bits per heavy atom. The minimum atomic E-state index is -4.21. The van der Waals surface area contributed by atoms with E-state index in [1.165, 1.54) is 25.1 Å². The highest BCUT2D eigenvalue weighted by Gasteiger charge is 2.10. The molecule has 0 aliphatic carbocycles. The molecule has 0 bridgehead atoms. The van der Waals surface area contributed by atoms with Gasteiger partial charge in [-0.05, 0) is 19.1 Å². The highest BCUT2D eigenvalue weighted by atomic mass is 35.5. The van der Waals surface area contributed by atoms with E-state index in [0.29, 0.717) is 0 Å². The van der Waals surface area contributed by atoms with Crippen molar-refractivity contribution in [1.82, 2.24) is 0 Å². The summed E-state index contributed by atoms with van der Waals surface area (Å²) in [5, 5.41) is 0. The summed E-state index contributed by atoms with van der Waals surface area (Å²) in [5.41, 5.74) is 0.259. The van der Waals surface area contributed by atoms with Crippen LogP contribution in [-0.2, 0) is 10.1 Å². The number of ketones is 1. The molecule has 0 atom stereocenters. The van der Waals surface area contributed by atoms with Gasteiger partial charge in [0.2, 0.25) is 0 Å². The highest BCUT2D eigenvalue weighted by Crippen LogP contribution is 2.11. The van der Waals surface area contributed by atoms with Gasteiger partial charge in [0.1, 0.15) is 0 Å². The van der Waals surface area contributed by atoms with E-state index in [0.717, 1.165) is 6.07 Å². The van der Waals surface area contributed by atoms with Crippen molar-refractivity contribution in [2.75, 3.05) is 0 Å². The van der Waals surface area contributed by atoms with Gasteiger partial charge in [-0.2, -0.15) is 8.42 Å². The number of carbonyl (C=O) groups is 1. The van der Waals surface area contributed by atoms with Gasteiger partial charge in [0, 0.05) is 5.56 Å². The zero-order chi connectivity index (χ0) is 10.1. The molecule has 0 spiro atoms. The lowest BCUT2D eigenvalue weighted by Crippen LogP contribution is -2.00. The second-order valence-corrected chi connectivity index (χ2v) is 3.98. The summed E-state index contributed by atoms with van der Waals surface area (Å²) in [6, 6.07) is 5.25. The van der Waals surface area contributed by atoms with Crippen LogP contribution < -0.4 is 0 Å². The zero-order valence-corrected chi connectivity index (χ0v) is 8.93. The van der Waals surface area contributed by atoms with Gasteiger partial charge < -0.3 is 0 Å². The molecule has 1 rings (SSSR count). The molecule has 0 unspecified atom stereocenters. The first-order valence-electron chi connectivity index (χ1n) is 3.50. The maximum absolute atomic E-state index is 10.8. The SMILES string of the molecule is CC(=O)c1cccc(S(=O)(=O)O)c1.Cl. The summed E-state index contributed by atoms with van der Waals surface area (Å²) in [4.78, 5) is 10.6. The number of benzene rings is 1. The van der Waals surface area contributed by atoms with Gasteiger partial charge in [0.05, 0.1) is 4.90 Å². The highest BCUT2D eigenvalue weighted by molar-refractivity contribution is 7.85. The van der Waals surface area contributed by atoms with Crippen LogP contribution >= 0.6 is 12.4 Å². The van der Waals surface area contributed by atoms with Gasteiger partial charge in [-0.1, -0.05) is 12.1 Å². The van der Waals surface area contributed by atoms with Crippen LogP contribution in [0.4, 0.5) is 0 Å². The van der Waals surface area contributed by atoms with E-state index in [-0.39, 0.29) is 28.6 Å². The molecule has 1 N–H and O–H groups in total. The fourth-order valence-corrected chi connectivity index (χ4v) is 1.40. The number of rotatable bonds is 2. The van der Waals surface area contributed by atoms with E-state index in [4.69, 9.17) is 4.55 Å². The minimum Gasteiger partial charge on any atom is -0.295 e. The van der Waals surface area contributed by atoms with Crippen LogP contribution in [-0.4, -0.2) is 18.8 Å². The first-order chi connectivity index (χ1) is 5.91. The molecule has 14 heavy (non-hydrogen) atoms. The largest absolute Gasteiger partial charge is 0.295 e. The molecule has 4 nitrogen and oxygen atoms in total. The fourth-order valence-electron chi connectivity index (χ4n) is 0.876. The lowest BCUT2D eigenvalue weighted by molar-refractivity contribution is 0.101. The van der Waals surface area contributed by atoms with E-state index < -0.39 is 10.1 Å². The first kappa shape index (κ1) is 13.1. The van der Waals surface area contributed by atoms with Crippen LogP contribution in [0.25, 0.3) is 0 Å². The number of hydrogen-bond donors (Lipinski definition) is 1. The second kappa shape index (κ2) is 4.54. The molecule has 0 aliphatic heterocycles. The molecule has 0 saturated heterocycles. The number of Topliss-reactive ketones (excluding diaryl/α,β-unsaturated/α-hetero) is 1. The monoisotopic (exact) mass is 236 g/mol. The molecule has 0 aliphatic rings. The number of carbonyl (C=O) groups excluding carboxylic acids is 1. The van der Waals surface area contributed by atoms with Crippen molar-refractivity contribution in [3.8, 4) is 0 Å². The van der Waals surface area contributed by atoms with Crippen LogP contribution in [0.2, 0.25) is 0 Å². The van der Waals surface area contributed by atoms with Crippen LogP contribution in [0.5, 0.6) is 0 Å². The molecule has 78 valence electrons. The van der Waals surface area contributed by atoms with Crippen molar-refractivity contribution >= 4 is 28.3 Å².